The molecule has 0 radical (unpaired) electrons. The van der Waals surface area contributed by atoms with Gasteiger partial charge in [0.25, 0.3) is 5.91 Å². The van der Waals surface area contributed by atoms with Crippen LogP contribution in [0.25, 0.3) is 0 Å². The van der Waals surface area contributed by atoms with E-state index < -0.39 is 21.0 Å². The van der Waals surface area contributed by atoms with Crippen LogP contribution in [0.15, 0.2) is 23.1 Å². The number of sulfone groups is 1. The van der Waals surface area contributed by atoms with Gasteiger partial charge in [-0.3, -0.25) is 14.8 Å². The maximum atomic E-state index is 12.9. The fraction of sp³-hybridized carbons (Fsp3) is 0.556. The Bertz CT molecular complexity index is 865. The highest BCUT2D eigenvalue weighted by atomic mass is 32.2. The molecule has 0 aliphatic carbocycles. The molecule has 1 atom stereocenters. The van der Waals surface area contributed by atoms with E-state index in [0.29, 0.717) is 30.9 Å². The first-order valence-electron chi connectivity index (χ1n) is 9.31. The normalized spacial score (nSPS) is 21.9. The number of likely N-dealkylation sites (N-methyl/N-ethyl adjacent to an activating group) is 1. The molecular weight excluding hydrogens is 384 g/mol. The van der Waals surface area contributed by atoms with Crippen LogP contribution in [0.5, 0.6) is 0 Å². The molecule has 1 fully saturated rings. The van der Waals surface area contributed by atoms with E-state index in [1.54, 1.807) is 17.0 Å². The third-order valence-electron chi connectivity index (χ3n) is 5.43. The number of amides is 2. The van der Waals surface area contributed by atoms with Crippen LogP contribution in [-0.4, -0.2) is 86.8 Å². The first-order chi connectivity index (χ1) is 13.3. The van der Waals surface area contributed by atoms with Gasteiger partial charge in [0, 0.05) is 51.3 Å². The Labute approximate surface area is 164 Å². The highest BCUT2D eigenvalue weighted by molar-refractivity contribution is 7.92. The van der Waals surface area contributed by atoms with E-state index in [0.717, 1.165) is 13.1 Å². The minimum absolute atomic E-state index is 0.105. The molecule has 0 aromatic heterocycles. The Kier molecular flexibility index (Phi) is 5.92. The molecule has 0 bridgehead atoms. The molecule has 1 unspecified atom stereocenters. The van der Waals surface area contributed by atoms with E-state index in [1.165, 1.54) is 11.5 Å². The summed E-state index contributed by atoms with van der Waals surface area (Å²) in [5, 5.41) is 7.79. The summed E-state index contributed by atoms with van der Waals surface area (Å²) >= 11 is 0. The van der Waals surface area contributed by atoms with Crippen LogP contribution < -0.4 is 10.4 Å². The van der Waals surface area contributed by atoms with Crippen molar-refractivity contribution in [1.29, 1.82) is 0 Å². The summed E-state index contributed by atoms with van der Waals surface area (Å²) in [4.78, 5) is 30.3. The first kappa shape index (κ1) is 20.6. The third kappa shape index (κ3) is 3.85. The number of piperazine rings is 1. The largest absolute Gasteiger partial charge is 0.369 e. The summed E-state index contributed by atoms with van der Waals surface area (Å²) in [5.41, 5.74) is 2.45. The minimum Gasteiger partial charge on any atom is -0.369 e. The lowest BCUT2D eigenvalue weighted by molar-refractivity contribution is -0.129. The predicted molar refractivity (Wildman–Crippen MR) is 103 cm³/mol. The number of rotatable bonds is 4. The highest BCUT2D eigenvalue weighted by Crippen LogP contribution is 2.35. The Morgan fingerprint density at radius 2 is 1.89 bits per heavy atom. The van der Waals surface area contributed by atoms with Crippen LogP contribution in [0.1, 0.15) is 23.7 Å². The average molecular weight is 410 g/mol. The fourth-order valence-electron chi connectivity index (χ4n) is 3.68. The number of benzene rings is 1. The van der Waals surface area contributed by atoms with Gasteiger partial charge in [-0.05, 0) is 32.2 Å². The molecule has 2 amide bonds. The van der Waals surface area contributed by atoms with Crippen LogP contribution in [0.3, 0.4) is 0 Å². The first-order valence-corrected chi connectivity index (χ1v) is 10.9. The van der Waals surface area contributed by atoms with Gasteiger partial charge < -0.3 is 14.7 Å². The van der Waals surface area contributed by atoms with Crippen LogP contribution in [-0.2, 0) is 14.6 Å². The maximum absolute atomic E-state index is 12.9. The van der Waals surface area contributed by atoms with Crippen LogP contribution in [0, 0.1) is 0 Å². The number of anilines is 1. The molecule has 1 aromatic rings. The fourth-order valence-corrected chi connectivity index (χ4v) is 5.52. The molecule has 2 aliphatic heterocycles. The molecule has 154 valence electrons. The number of fused-ring (bicyclic) bond motifs is 1. The van der Waals surface area contributed by atoms with Crippen molar-refractivity contribution in [3.63, 3.8) is 0 Å². The summed E-state index contributed by atoms with van der Waals surface area (Å²) in [5.74, 6) is -0.846. The summed E-state index contributed by atoms with van der Waals surface area (Å²) in [7, 11) is -1.74. The number of nitrogens with zero attached hydrogens (tertiary/aromatic N) is 3. The van der Waals surface area contributed by atoms with Crippen molar-refractivity contribution >= 4 is 27.3 Å². The topological polar surface area (TPSA) is 110 Å². The van der Waals surface area contributed by atoms with Crippen LogP contribution in [0.4, 0.5) is 5.69 Å². The molecule has 2 N–H and O–H groups in total. The Morgan fingerprint density at radius 3 is 2.50 bits per heavy atom. The lowest BCUT2D eigenvalue weighted by atomic mass is 10.1. The number of hydrogen-bond donors (Lipinski definition) is 2. The second-order valence-electron chi connectivity index (χ2n) is 7.22. The van der Waals surface area contributed by atoms with Gasteiger partial charge in [0.15, 0.2) is 9.84 Å². The molecule has 28 heavy (non-hydrogen) atoms. The Hall–Kier alpha value is -2.17. The second-order valence-corrected chi connectivity index (χ2v) is 9.42. The molecule has 3 rings (SSSR count). The van der Waals surface area contributed by atoms with Crippen molar-refractivity contribution in [2.24, 2.45) is 0 Å². The van der Waals surface area contributed by atoms with Crippen LogP contribution in [0.2, 0.25) is 0 Å². The molecule has 2 heterocycles. The van der Waals surface area contributed by atoms with Crippen molar-refractivity contribution in [2.75, 3.05) is 51.2 Å². The predicted octanol–water partition coefficient (Wildman–Crippen LogP) is -0.0481. The molecule has 1 saturated heterocycles. The summed E-state index contributed by atoms with van der Waals surface area (Å²) in [6.45, 7) is 5.44. The number of hydroxylamine groups is 1. The van der Waals surface area contributed by atoms with E-state index in [1.807, 2.05) is 18.9 Å². The smallest absolute Gasteiger partial charge is 0.254 e. The van der Waals surface area contributed by atoms with E-state index in [2.05, 4.69) is 4.90 Å². The molecule has 1 aromatic carbocycles. The highest BCUT2D eigenvalue weighted by Gasteiger charge is 2.38. The zero-order valence-corrected chi connectivity index (χ0v) is 16.9. The number of carbonyl (C=O) groups is 2. The Morgan fingerprint density at radius 1 is 1.21 bits per heavy atom. The van der Waals surface area contributed by atoms with E-state index in [-0.39, 0.29) is 23.8 Å². The van der Waals surface area contributed by atoms with E-state index >= 15 is 0 Å². The SMILES string of the molecule is CCN1CC(CC(=O)NO)S(=O)(=O)c2ccc(C(=O)N3CCN(C)CC3)cc21. The third-order valence-corrected chi connectivity index (χ3v) is 7.58. The lowest BCUT2D eigenvalue weighted by Crippen LogP contribution is -2.47. The quantitative estimate of drug-likeness (QED) is 0.529. The van der Waals surface area contributed by atoms with Crippen molar-refractivity contribution in [3.8, 4) is 0 Å². The van der Waals surface area contributed by atoms with Crippen molar-refractivity contribution < 1.29 is 23.2 Å². The molecule has 2 aliphatic rings. The van der Waals surface area contributed by atoms with E-state index in [9.17, 15) is 18.0 Å². The van der Waals surface area contributed by atoms with Gasteiger partial charge in [-0.1, -0.05) is 0 Å². The van der Waals surface area contributed by atoms with Crippen molar-refractivity contribution in [1.82, 2.24) is 15.3 Å². The molecule has 9 nitrogen and oxygen atoms in total. The number of nitrogens with one attached hydrogen (secondary N) is 1. The molecule has 0 saturated carbocycles. The maximum Gasteiger partial charge on any atom is 0.254 e. The standard InChI is InChI=1S/C18H26N4O5S/c1-3-21-12-14(11-17(23)19-25)28(26,27)16-5-4-13(10-15(16)21)18(24)22-8-6-20(2)7-9-22/h4-5,10,14,25H,3,6-9,11-12H2,1-2H3,(H,19,23). The number of carbonyl (C=O) groups excluding carboxylic acids is 2. The van der Waals surface area contributed by atoms with Gasteiger partial charge in [-0.15, -0.1) is 0 Å². The average Bonchev–Trinajstić information content (AvgIpc) is 2.69. The molecular formula is C18H26N4O5S. The van der Waals surface area contributed by atoms with Crippen molar-refractivity contribution in [3.05, 3.63) is 23.8 Å². The van der Waals surface area contributed by atoms with Crippen LogP contribution >= 0.6 is 0 Å². The zero-order chi connectivity index (χ0) is 20.5. The van der Waals surface area contributed by atoms with Gasteiger partial charge >= 0.3 is 0 Å². The van der Waals surface area contributed by atoms with E-state index in [4.69, 9.17) is 5.21 Å². The number of hydrogen-bond acceptors (Lipinski definition) is 7. The summed E-state index contributed by atoms with van der Waals surface area (Å²) in [6.07, 6.45) is -0.323. The van der Waals surface area contributed by atoms with Gasteiger partial charge in [0.05, 0.1) is 15.8 Å². The monoisotopic (exact) mass is 410 g/mol. The second kappa shape index (κ2) is 8.06. The zero-order valence-electron chi connectivity index (χ0n) is 16.1. The minimum atomic E-state index is -3.75. The van der Waals surface area contributed by atoms with Gasteiger partial charge in [0.2, 0.25) is 5.91 Å². The van der Waals surface area contributed by atoms with Gasteiger partial charge in [-0.2, -0.15) is 0 Å². The summed E-state index contributed by atoms with van der Waals surface area (Å²) < 4.78 is 25.9. The van der Waals surface area contributed by atoms with Gasteiger partial charge in [0.1, 0.15) is 0 Å². The van der Waals surface area contributed by atoms with Crippen molar-refractivity contribution in [2.45, 2.75) is 23.5 Å². The lowest BCUT2D eigenvalue weighted by Gasteiger charge is -2.36. The summed E-state index contributed by atoms with van der Waals surface area (Å²) in [6, 6.07) is 4.64. The van der Waals surface area contributed by atoms with Gasteiger partial charge in [-0.25, -0.2) is 13.9 Å². The Balaban J connectivity index is 1.92. The molecule has 10 heteroatoms. The molecule has 0 spiro atoms.